The molecule has 2 heterocycles. The third kappa shape index (κ3) is 4.23. The average Bonchev–Trinajstić information content (AvgIpc) is 3.10. The van der Waals surface area contributed by atoms with Crippen LogP contribution in [0, 0.1) is 12.3 Å². The smallest absolute Gasteiger partial charge is 0.231 e. The normalized spacial score (nSPS) is 10.3. The molecule has 0 aliphatic heterocycles. The highest BCUT2D eigenvalue weighted by Gasteiger charge is 2.17. The van der Waals surface area contributed by atoms with Gasteiger partial charge in [-0.1, -0.05) is 29.3 Å². The van der Waals surface area contributed by atoms with Crippen molar-refractivity contribution in [1.29, 1.82) is 0 Å². The fourth-order valence-corrected chi connectivity index (χ4v) is 3.11. The van der Waals surface area contributed by atoms with Gasteiger partial charge in [-0.3, -0.25) is 14.3 Å². The lowest BCUT2D eigenvalue weighted by Crippen LogP contribution is -2.25. The Morgan fingerprint density at radius 3 is 2.62 bits per heavy atom. The largest absolute Gasteiger partial charge is 0.344 e. The highest BCUT2D eigenvalue weighted by molar-refractivity contribution is 7.99. The van der Waals surface area contributed by atoms with Crippen LogP contribution in [0.3, 0.4) is 0 Å². The molecule has 0 aliphatic rings. The molecular weight excluding hydrogens is 370 g/mol. The number of halogens is 1. The zero-order valence-corrected chi connectivity index (χ0v) is 15.2. The summed E-state index contributed by atoms with van der Waals surface area (Å²) in [6.07, 6.45) is 8.53. The van der Waals surface area contributed by atoms with Gasteiger partial charge in [-0.25, -0.2) is 0 Å². The minimum absolute atomic E-state index is 0.163. The van der Waals surface area contributed by atoms with Gasteiger partial charge in [0.15, 0.2) is 11.0 Å². The molecule has 1 amide bonds. The van der Waals surface area contributed by atoms with Gasteiger partial charge in [-0.15, -0.1) is 16.6 Å². The van der Waals surface area contributed by atoms with Crippen LogP contribution in [-0.4, -0.2) is 38.0 Å². The Balaban J connectivity index is 1.94. The monoisotopic (exact) mass is 383 g/mol. The number of aromatic nitrogens is 4. The zero-order valence-electron chi connectivity index (χ0n) is 13.6. The van der Waals surface area contributed by atoms with E-state index in [0.717, 1.165) is 11.3 Å². The van der Waals surface area contributed by atoms with Gasteiger partial charge in [0, 0.05) is 28.7 Å². The molecule has 0 saturated carbocycles. The van der Waals surface area contributed by atoms with Crippen LogP contribution in [-0.2, 0) is 4.79 Å². The van der Waals surface area contributed by atoms with Gasteiger partial charge in [-0.2, -0.15) is 0 Å². The van der Waals surface area contributed by atoms with E-state index in [2.05, 4.69) is 26.4 Å². The summed E-state index contributed by atoms with van der Waals surface area (Å²) in [5, 5.41) is 12.4. The summed E-state index contributed by atoms with van der Waals surface area (Å²) in [6, 6.07) is 11.0. The number of hydrogen-bond donors (Lipinski definition) is 1. The number of carbonyl (C=O) groups excluding carboxylic acids is 1. The number of benzene rings is 1. The molecule has 3 rings (SSSR count). The van der Waals surface area contributed by atoms with Crippen molar-refractivity contribution < 1.29 is 4.79 Å². The highest BCUT2D eigenvalue weighted by Crippen LogP contribution is 2.28. The SMILES string of the molecule is C#CCNC(=O)CSc1nnc(-c2ccncc2)n1-c1ccc(Cl)cc1. The van der Waals surface area contributed by atoms with Crippen LogP contribution >= 0.6 is 23.4 Å². The Bertz CT molecular complexity index is 934. The molecule has 0 aliphatic carbocycles. The predicted molar refractivity (Wildman–Crippen MR) is 102 cm³/mol. The molecule has 1 aromatic carbocycles. The molecule has 8 heteroatoms. The molecule has 26 heavy (non-hydrogen) atoms. The maximum absolute atomic E-state index is 11.8. The first kappa shape index (κ1) is 18.0. The van der Waals surface area contributed by atoms with Crippen LogP contribution in [0.5, 0.6) is 0 Å². The third-order valence-corrected chi connectivity index (χ3v) is 4.56. The van der Waals surface area contributed by atoms with E-state index >= 15 is 0 Å². The minimum atomic E-state index is -0.163. The number of nitrogens with one attached hydrogen (secondary N) is 1. The number of hydrogen-bond acceptors (Lipinski definition) is 5. The van der Waals surface area contributed by atoms with Crippen molar-refractivity contribution in [2.45, 2.75) is 5.16 Å². The summed E-state index contributed by atoms with van der Waals surface area (Å²) < 4.78 is 1.88. The van der Waals surface area contributed by atoms with Crippen LogP contribution in [0.1, 0.15) is 0 Å². The van der Waals surface area contributed by atoms with Crippen LogP contribution in [0.2, 0.25) is 5.02 Å². The van der Waals surface area contributed by atoms with Crippen molar-refractivity contribution in [3.63, 3.8) is 0 Å². The fourth-order valence-electron chi connectivity index (χ4n) is 2.21. The molecule has 0 bridgehead atoms. The lowest BCUT2D eigenvalue weighted by molar-refractivity contribution is -0.118. The Morgan fingerprint density at radius 1 is 1.19 bits per heavy atom. The maximum Gasteiger partial charge on any atom is 0.231 e. The molecule has 6 nitrogen and oxygen atoms in total. The van der Waals surface area contributed by atoms with E-state index in [1.165, 1.54) is 11.8 Å². The van der Waals surface area contributed by atoms with Crippen molar-refractivity contribution in [2.24, 2.45) is 0 Å². The maximum atomic E-state index is 11.8. The van der Waals surface area contributed by atoms with Crippen molar-refractivity contribution >= 4 is 29.3 Å². The van der Waals surface area contributed by atoms with Crippen molar-refractivity contribution in [3.05, 3.63) is 53.8 Å². The number of rotatable bonds is 6. The van der Waals surface area contributed by atoms with Crippen LogP contribution in [0.15, 0.2) is 53.9 Å². The number of nitrogens with zero attached hydrogens (tertiary/aromatic N) is 4. The van der Waals surface area contributed by atoms with Crippen LogP contribution in [0.4, 0.5) is 0 Å². The van der Waals surface area contributed by atoms with E-state index < -0.39 is 0 Å². The molecule has 130 valence electrons. The summed E-state index contributed by atoms with van der Waals surface area (Å²) in [4.78, 5) is 15.9. The summed E-state index contributed by atoms with van der Waals surface area (Å²) in [7, 11) is 0. The van der Waals surface area contributed by atoms with E-state index in [1.807, 2.05) is 28.8 Å². The molecule has 0 radical (unpaired) electrons. The van der Waals surface area contributed by atoms with Crippen molar-refractivity contribution in [3.8, 4) is 29.4 Å². The number of terminal acetylenes is 1. The first-order valence-electron chi connectivity index (χ1n) is 7.64. The minimum Gasteiger partial charge on any atom is -0.344 e. The lowest BCUT2D eigenvalue weighted by atomic mass is 10.2. The van der Waals surface area contributed by atoms with Crippen LogP contribution in [0.25, 0.3) is 17.1 Å². The molecule has 0 unspecified atom stereocenters. The standard InChI is InChI=1S/C18H14ClN5OS/c1-2-9-21-16(25)12-26-18-23-22-17(13-7-10-20-11-8-13)24(18)15-5-3-14(19)4-6-15/h1,3-8,10-11H,9,12H2,(H,21,25). The van der Waals surface area contributed by atoms with E-state index in [0.29, 0.717) is 16.0 Å². The third-order valence-electron chi connectivity index (χ3n) is 3.38. The summed E-state index contributed by atoms with van der Waals surface area (Å²) >= 11 is 7.28. The van der Waals surface area contributed by atoms with Gasteiger partial charge in [0.25, 0.3) is 0 Å². The molecule has 0 fully saturated rings. The van der Waals surface area contributed by atoms with E-state index in [4.69, 9.17) is 18.0 Å². The predicted octanol–water partition coefficient (Wildman–Crippen LogP) is 2.82. The molecule has 3 aromatic rings. The molecule has 0 spiro atoms. The first-order chi connectivity index (χ1) is 12.7. The molecule has 1 N–H and O–H groups in total. The van der Waals surface area contributed by atoms with E-state index in [1.54, 1.807) is 24.5 Å². The van der Waals surface area contributed by atoms with Crippen molar-refractivity contribution in [1.82, 2.24) is 25.1 Å². The van der Waals surface area contributed by atoms with Gasteiger partial charge in [0.05, 0.1) is 12.3 Å². The number of amides is 1. The lowest BCUT2D eigenvalue weighted by Gasteiger charge is -2.10. The van der Waals surface area contributed by atoms with E-state index in [-0.39, 0.29) is 18.2 Å². The Hall–Kier alpha value is -2.82. The van der Waals surface area contributed by atoms with Crippen molar-refractivity contribution in [2.75, 3.05) is 12.3 Å². The second kappa shape index (κ2) is 8.52. The summed E-state index contributed by atoms with van der Waals surface area (Å²) in [5.74, 6) is 3.05. The van der Waals surface area contributed by atoms with Gasteiger partial charge in [0.2, 0.25) is 5.91 Å². The second-order valence-electron chi connectivity index (χ2n) is 5.12. The number of carbonyl (C=O) groups is 1. The summed E-state index contributed by atoms with van der Waals surface area (Å²) in [6.45, 7) is 0.200. The average molecular weight is 384 g/mol. The number of thioether (sulfide) groups is 1. The molecule has 0 atom stereocenters. The Labute approximate surface area is 160 Å². The Morgan fingerprint density at radius 2 is 1.92 bits per heavy atom. The topological polar surface area (TPSA) is 72.7 Å². The van der Waals surface area contributed by atoms with Gasteiger partial charge >= 0.3 is 0 Å². The highest BCUT2D eigenvalue weighted by atomic mass is 35.5. The molecular formula is C18H14ClN5OS. The van der Waals surface area contributed by atoms with E-state index in [9.17, 15) is 4.79 Å². The fraction of sp³-hybridized carbons (Fsp3) is 0.111. The first-order valence-corrected chi connectivity index (χ1v) is 9.00. The number of pyridine rings is 1. The van der Waals surface area contributed by atoms with Crippen LogP contribution < -0.4 is 5.32 Å². The molecule has 2 aromatic heterocycles. The van der Waals surface area contributed by atoms with Gasteiger partial charge < -0.3 is 5.32 Å². The molecule has 0 saturated heterocycles. The summed E-state index contributed by atoms with van der Waals surface area (Å²) in [5.41, 5.74) is 1.71. The van der Waals surface area contributed by atoms with Gasteiger partial charge in [0.1, 0.15) is 0 Å². The Kier molecular flexibility index (Phi) is 5.89. The zero-order chi connectivity index (χ0) is 18.4. The second-order valence-corrected chi connectivity index (χ2v) is 6.50. The van der Waals surface area contributed by atoms with Gasteiger partial charge in [-0.05, 0) is 36.4 Å². The quantitative estimate of drug-likeness (QED) is 0.523.